The minimum absolute atomic E-state index is 0.110. The second kappa shape index (κ2) is 9.91. The molecule has 1 aliphatic rings. The van der Waals surface area contributed by atoms with Gasteiger partial charge < -0.3 is 20.4 Å². The van der Waals surface area contributed by atoms with Gasteiger partial charge in [0.15, 0.2) is 5.76 Å². The Morgan fingerprint density at radius 1 is 1.03 bits per heavy atom. The van der Waals surface area contributed by atoms with Gasteiger partial charge in [0.2, 0.25) is 11.8 Å². The van der Waals surface area contributed by atoms with Gasteiger partial charge in [-0.3, -0.25) is 14.4 Å². The Morgan fingerprint density at radius 3 is 2.59 bits per heavy atom. The van der Waals surface area contributed by atoms with E-state index in [-0.39, 0.29) is 30.0 Å². The summed E-state index contributed by atoms with van der Waals surface area (Å²) in [6.45, 7) is 0.352. The van der Waals surface area contributed by atoms with Gasteiger partial charge in [0.1, 0.15) is 5.76 Å². The van der Waals surface area contributed by atoms with Gasteiger partial charge in [-0.15, -0.1) is 0 Å². The van der Waals surface area contributed by atoms with E-state index in [9.17, 15) is 14.4 Å². The summed E-state index contributed by atoms with van der Waals surface area (Å²) < 4.78 is 5.64. The van der Waals surface area contributed by atoms with E-state index in [4.69, 9.17) is 4.42 Å². The maximum Gasteiger partial charge on any atom is 0.287 e. The van der Waals surface area contributed by atoms with Crippen molar-refractivity contribution in [3.8, 4) is 11.3 Å². The molecule has 7 heteroatoms. The van der Waals surface area contributed by atoms with Crippen LogP contribution in [0.15, 0.2) is 40.8 Å². The highest BCUT2D eigenvalue weighted by Gasteiger charge is 2.20. The number of rotatable bonds is 7. The highest BCUT2D eigenvalue weighted by atomic mass is 16.3. The van der Waals surface area contributed by atoms with E-state index in [2.05, 4.69) is 16.0 Å². The van der Waals surface area contributed by atoms with Crippen LogP contribution in [0.3, 0.4) is 0 Å². The number of hydrogen-bond donors (Lipinski definition) is 3. The zero-order chi connectivity index (χ0) is 20.6. The summed E-state index contributed by atoms with van der Waals surface area (Å²) in [5.74, 6) is 0.218. The monoisotopic (exact) mass is 397 g/mol. The Morgan fingerprint density at radius 2 is 1.83 bits per heavy atom. The number of furan rings is 1. The summed E-state index contributed by atoms with van der Waals surface area (Å²) in [5.41, 5.74) is 1.79. The average Bonchev–Trinajstić information content (AvgIpc) is 3.27. The summed E-state index contributed by atoms with van der Waals surface area (Å²) in [4.78, 5) is 35.6. The fraction of sp³-hybridized carbons (Fsp3) is 0.409. The molecule has 154 valence electrons. The van der Waals surface area contributed by atoms with Gasteiger partial charge in [-0.25, -0.2) is 0 Å². The second-order valence-electron chi connectivity index (χ2n) is 7.27. The number of hydrogen-bond acceptors (Lipinski definition) is 4. The van der Waals surface area contributed by atoms with Gasteiger partial charge in [-0.2, -0.15) is 0 Å². The summed E-state index contributed by atoms with van der Waals surface area (Å²) in [7, 11) is 1.50. The molecule has 1 aromatic heterocycles. The molecule has 0 unspecified atom stereocenters. The number of likely N-dealkylation sites (N-methyl/N-ethyl adjacent to an activating group) is 1. The van der Waals surface area contributed by atoms with E-state index in [1.54, 1.807) is 12.1 Å². The van der Waals surface area contributed by atoms with Gasteiger partial charge in [-0.1, -0.05) is 37.5 Å². The smallest absolute Gasteiger partial charge is 0.287 e. The van der Waals surface area contributed by atoms with Gasteiger partial charge in [-0.05, 0) is 36.6 Å². The van der Waals surface area contributed by atoms with Crippen molar-refractivity contribution >= 4 is 17.7 Å². The van der Waals surface area contributed by atoms with Crippen molar-refractivity contribution in [1.29, 1.82) is 0 Å². The average molecular weight is 397 g/mol. The molecule has 1 fully saturated rings. The molecule has 0 saturated heterocycles. The minimum Gasteiger partial charge on any atom is -0.451 e. The van der Waals surface area contributed by atoms with Crippen LogP contribution in [0.1, 0.15) is 48.2 Å². The molecule has 3 rings (SSSR count). The zero-order valence-corrected chi connectivity index (χ0v) is 16.6. The molecule has 0 radical (unpaired) electrons. The van der Waals surface area contributed by atoms with E-state index >= 15 is 0 Å². The first kappa shape index (κ1) is 20.6. The summed E-state index contributed by atoms with van der Waals surface area (Å²) >= 11 is 0. The molecule has 29 heavy (non-hydrogen) atoms. The van der Waals surface area contributed by atoms with E-state index in [0.29, 0.717) is 12.3 Å². The van der Waals surface area contributed by atoms with Gasteiger partial charge in [0.05, 0.1) is 6.54 Å². The lowest BCUT2D eigenvalue weighted by atomic mass is 9.88. The van der Waals surface area contributed by atoms with Crippen LogP contribution in [0.2, 0.25) is 0 Å². The molecule has 0 bridgehead atoms. The van der Waals surface area contributed by atoms with Crippen LogP contribution in [0, 0.1) is 5.92 Å². The van der Waals surface area contributed by atoms with Crippen molar-refractivity contribution in [3.05, 3.63) is 47.7 Å². The van der Waals surface area contributed by atoms with Gasteiger partial charge >= 0.3 is 0 Å². The molecular formula is C22H27N3O4. The number of nitrogens with one attached hydrogen (secondary N) is 3. The lowest BCUT2D eigenvalue weighted by Crippen LogP contribution is -2.34. The third-order valence-corrected chi connectivity index (χ3v) is 5.17. The number of amides is 3. The molecule has 3 amide bonds. The highest BCUT2D eigenvalue weighted by Crippen LogP contribution is 2.25. The van der Waals surface area contributed by atoms with Crippen molar-refractivity contribution in [2.75, 3.05) is 13.6 Å². The summed E-state index contributed by atoms with van der Waals surface area (Å²) in [6, 6.07) is 11.0. The predicted octanol–water partition coefficient (Wildman–Crippen LogP) is 2.62. The standard InChI is InChI=1S/C22H27N3O4/c1-23-20(26)14-25-22(28)19-11-10-18(29-19)17-9-5-6-15(12-17)13-24-21(27)16-7-3-2-4-8-16/h5-6,9-12,16H,2-4,7-8,13-14H2,1H3,(H,23,26)(H,24,27)(H,25,28). The van der Waals surface area contributed by atoms with Crippen molar-refractivity contribution in [2.24, 2.45) is 5.92 Å². The molecule has 0 aliphatic heterocycles. The Hall–Kier alpha value is -3.09. The lowest BCUT2D eigenvalue weighted by molar-refractivity contribution is -0.126. The van der Waals surface area contributed by atoms with Crippen LogP contribution < -0.4 is 16.0 Å². The Bertz CT molecular complexity index is 868. The zero-order valence-electron chi connectivity index (χ0n) is 16.6. The fourth-order valence-electron chi connectivity index (χ4n) is 3.48. The van der Waals surface area contributed by atoms with Crippen molar-refractivity contribution in [2.45, 2.75) is 38.6 Å². The molecule has 2 aromatic rings. The fourth-order valence-corrected chi connectivity index (χ4v) is 3.48. The topological polar surface area (TPSA) is 100 Å². The summed E-state index contributed by atoms with van der Waals surface area (Å²) in [5, 5.41) is 7.97. The van der Waals surface area contributed by atoms with Crippen molar-refractivity contribution in [3.63, 3.8) is 0 Å². The first-order valence-electron chi connectivity index (χ1n) is 10.0. The van der Waals surface area contributed by atoms with E-state index in [1.165, 1.54) is 13.5 Å². The van der Waals surface area contributed by atoms with E-state index < -0.39 is 5.91 Å². The third kappa shape index (κ3) is 5.70. The van der Waals surface area contributed by atoms with Gasteiger partial charge in [0, 0.05) is 25.1 Å². The molecule has 1 aliphatic carbocycles. The number of carbonyl (C=O) groups is 3. The Kier molecular flexibility index (Phi) is 7.05. The van der Waals surface area contributed by atoms with E-state index in [0.717, 1.165) is 36.8 Å². The molecular weight excluding hydrogens is 370 g/mol. The van der Waals surface area contributed by atoms with Crippen LogP contribution >= 0.6 is 0 Å². The second-order valence-corrected chi connectivity index (χ2v) is 7.27. The number of benzene rings is 1. The first-order chi connectivity index (χ1) is 14.1. The van der Waals surface area contributed by atoms with Crippen LogP contribution in [-0.4, -0.2) is 31.3 Å². The largest absolute Gasteiger partial charge is 0.451 e. The Balaban J connectivity index is 1.59. The molecule has 1 aromatic carbocycles. The van der Waals surface area contributed by atoms with Gasteiger partial charge in [0.25, 0.3) is 5.91 Å². The van der Waals surface area contributed by atoms with Crippen LogP contribution in [-0.2, 0) is 16.1 Å². The molecule has 0 atom stereocenters. The normalized spacial score (nSPS) is 14.2. The van der Waals surface area contributed by atoms with Crippen LogP contribution in [0.4, 0.5) is 0 Å². The third-order valence-electron chi connectivity index (χ3n) is 5.17. The van der Waals surface area contributed by atoms with Crippen LogP contribution in [0.5, 0.6) is 0 Å². The minimum atomic E-state index is -0.448. The van der Waals surface area contributed by atoms with Crippen molar-refractivity contribution in [1.82, 2.24) is 16.0 Å². The summed E-state index contributed by atoms with van der Waals surface area (Å²) in [6.07, 6.45) is 5.43. The molecule has 0 spiro atoms. The number of carbonyl (C=O) groups excluding carboxylic acids is 3. The van der Waals surface area contributed by atoms with Crippen molar-refractivity contribution < 1.29 is 18.8 Å². The van der Waals surface area contributed by atoms with Crippen LogP contribution in [0.25, 0.3) is 11.3 Å². The van der Waals surface area contributed by atoms with E-state index in [1.807, 2.05) is 24.3 Å². The maximum atomic E-state index is 12.3. The quantitative estimate of drug-likeness (QED) is 0.669. The SMILES string of the molecule is CNC(=O)CNC(=O)c1ccc(-c2cccc(CNC(=O)C3CCCCC3)c2)o1. The Labute approximate surface area is 170 Å². The molecule has 1 heterocycles. The molecule has 7 nitrogen and oxygen atoms in total. The maximum absolute atomic E-state index is 12.3. The predicted molar refractivity (Wildman–Crippen MR) is 109 cm³/mol. The highest BCUT2D eigenvalue weighted by molar-refractivity contribution is 5.94. The molecule has 3 N–H and O–H groups in total. The molecule has 1 saturated carbocycles. The first-order valence-corrected chi connectivity index (χ1v) is 10.0. The lowest BCUT2D eigenvalue weighted by Gasteiger charge is -2.20.